The van der Waals surface area contributed by atoms with Crippen LogP contribution in [-0.2, 0) is 0 Å². The van der Waals surface area contributed by atoms with Crippen LogP contribution in [0.15, 0.2) is 30.5 Å². The van der Waals surface area contributed by atoms with E-state index in [2.05, 4.69) is 26.9 Å². The number of nitrogen functional groups attached to an aromatic ring is 1. The van der Waals surface area contributed by atoms with E-state index in [9.17, 15) is 0 Å². The van der Waals surface area contributed by atoms with Crippen molar-refractivity contribution in [2.24, 2.45) is 0 Å². The van der Waals surface area contributed by atoms with Crippen LogP contribution in [0.1, 0.15) is 19.3 Å². The molecule has 2 aliphatic rings. The number of aromatic nitrogens is 1. The number of anilines is 2. The first kappa shape index (κ1) is 12.9. The summed E-state index contributed by atoms with van der Waals surface area (Å²) in [4.78, 5) is 9.69. The second kappa shape index (κ2) is 5.19. The quantitative estimate of drug-likeness (QED) is 0.816. The van der Waals surface area contributed by atoms with E-state index >= 15 is 0 Å². The monoisotopic (exact) mass is 282 g/mol. The minimum absolute atomic E-state index is 0.726. The molecule has 2 aromatic rings. The summed E-state index contributed by atoms with van der Waals surface area (Å²) in [5.41, 5.74) is 8.98. The molecule has 1 unspecified atom stereocenters. The van der Waals surface area contributed by atoms with Gasteiger partial charge in [-0.3, -0.25) is 9.88 Å². The van der Waals surface area contributed by atoms with Crippen molar-refractivity contribution in [2.45, 2.75) is 25.3 Å². The fourth-order valence-corrected chi connectivity index (χ4v) is 3.85. The number of benzene rings is 1. The highest BCUT2D eigenvalue weighted by Gasteiger charge is 2.29. The van der Waals surface area contributed by atoms with Crippen LogP contribution in [-0.4, -0.2) is 42.1 Å². The van der Waals surface area contributed by atoms with Crippen LogP contribution >= 0.6 is 0 Å². The molecule has 0 amide bonds. The molecule has 0 bridgehead atoms. The third-order valence-corrected chi connectivity index (χ3v) is 4.89. The van der Waals surface area contributed by atoms with Gasteiger partial charge in [0.1, 0.15) is 0 Å². The Balaban J connectivity index is 1.72. The van der Waals surface area contributed by atoms with E-state index in [-0.39, 0.29) is 0 Å². The molecule has 4 heteroatoms. The first-order valence-corrected chi connectivity index (χ1v) is 7.94. The van der Waals surface area contributed by atoms with Gasteiger partial charge >= 0.3 is 0 Å². The molecule has 2 fully saturated rings. The van der Waals surface area contributed by atoms with E-state index in [0.29, 0.717) is 0 Å². The second-order valence-corrected chi connectivity index (χ2v) is 6.24. The van der Waals surface area contributed by atoms with Gasteiger partial charge in [-0.15, -0.1) is 0 Å². The van der Waals surface area contributed by atoms with Gasteiger partial charge in [0.25, 0.3) is 0 Å². The molecule has 21 heavy (non-hydrogen) atoms. The fraction of sp³-hybridized carbons (Fsp3) is 0.471. The summed E-state index contributed by atoms with van der Waals surface area (Å²) in [6.07, 6.45) is 5.85. The normalized spacial score (nSPS) is 23.2. The van der Waals surface area contributed by atoms with Crippen molar-refractivity contribution in [3.8, 4) is 0 Å². The fourth-order valence-electron chi connectivity index (χ4n) is 3.85. The van der Waals surface area contributed by atoms with Crippen molar-refractivity contribution < 1.29 is 0 Å². The highest BCUT2D eigenvalue weighted by atomic mass is 15.3. The lowest BCUT2D eigenvalue weighted by molar-refractivity contribution is 0.273. The Bertz CT molecular complexity index is 654. The van der Waals surface area contributed by atoms with Crippen molar-refractivity contribution >= 4 is 22.3 Å². The Kier molecular flexibility index (Phi) is 3.19. The van der Waals surface area contributed by atoms with E-state index in [0.717, 1.165) is 30.3 Å². The third kappa shape index (κ3) is 2.33. The predicted octanol–water partition coefficient (Wildman–Crippen LogP) is 2.49. The molecule has 0 aliphatic carbocycles. The summed E-state index contributed by atoms with van der Waals surface area (Å²) < 4.78 is 0. The molecule has 2 N–H and O–H groups in total. The minimum Gasteiger partial charge on any atom is -0.399 e. The Hall–Kier alpha value is -1.81. The molecule has 1 aromatic heterocycles. The maximum atomic E-state index is 5.89. The zero-order chi connectivity index (χ0) is 14.2. The van der Waals surface area contributed by atoms with Gasteiger partial charge in [0.2, 0.25) is 0 Å². The van der Waals surface area contributed by atoms with E-state index in [4.69, 9.17) is 5.73 Å². The highest BCUT2D eigenvalue weighted by molar-refractivity contribution is 5.93. The standard InChI is InChI=1S/C17H22N4/c18-13-4-5-15-16(11-13)19-7-6-17(15)21-10-2-9-20-8-1-3-14(20)12-21/h4-7,11,14H,1-3,8-10,12,18H2. The molecular weight excluding hydrogens is 260 g/mol. The number of pyridine rings is 1. The lowest BCUT2D eigenvalue weighted by Gasteiger charge is -2.28. The zero-order valence-electron chi connectivity index (χ0n) is 12.3. The van der Waals surface area contributed by atoms with Gasteiger partial charge in [0, 0.05) is 48.6 Å². The SMILES string of the molecule is Nc1ccc2c(N3CCCN4CCCC4C3)ccnc2c1. The second-order valence-electron chi connectivity index (χ2n) is 6.24. The average Bonchev–Trinajstić information content (AvgIpc) is 2.83. The number of fused-ring (bicyclic) bond motifs is 2. The van der Waals surface area contributed by atoms with Crippen LogP contribution in [0.5, 0.6) is 0 Å². The maximum Gasteiger partial charge on any atom is 0.0743 e. The Morgan fingerprint density at radius 1 is 1.10 bits per heavy atom. The summed E-state index contributed by atoms with van der Waals surface area (Å²) in [6.45, 7) is 4.81. The summed E-state index contributed by atoms with van der Waals surface area (Å²) in [7, 11) is 0. The van der Waals surface area contributed by atoms with E-state index in [1.807, 2.05) is 18.3 Å². The third-order valence-electron chi connectivity index (χ3n) is 4.89. The highest BCUT2D eigenvalue weighted by Crippen LogP contribution is 2.30. The van der Waals surface area contributed by atoms with Gasteiger partial charge in [-0.2, -0.15) is 0 Å². The van der Waals surface area contributed by atoms with Gasteiger partial charge in [-0.1, -0.05) is 0 Å². The largest absolute Gasteiger partial charge is 0.399 e. The number of rotatable bonds is 1. The molecule has 4 nitrogen and oxygen atoms in total. The summed E-state index contributed by atoms with van der Waals surface area (Å²) in [6, 6.07) is 8.95. The predicted molar refractivity (Wildman–Crippen MR) is 87.6 cm³/mol. The topological polar surface area (TPSA) is 45.4 Å². The molecule has 2 aliphatic heterocycles. The van der Waals surface area contributed by atoms with Crippen molar-refractivity contribution in [2.75, 3.05) is 36.8 Å². The molecule has 0 saturated carbocycles. The van der Waals surface area contributed by atoms with Crippen molar-refractivity contribution in [1.29, 1.82) is 0 Å². The lowest BCUT2D eigenvalue weighted by Crippen LogP contribution is -2.36. The van der Waals surface area contributed by atoms with Gasteiger partial charge < -0.3 is 10.6 Å². The Morgan fingerprint density at radius 2 is 2.00 bits per heavy atom. The van der Waals surface area contributed by atoms with Crippen LogP contribution < -0.4 is 10.6 Å². The number of nitrogens with zero attached hydrogens (tertiary/aromatic N) is 3. The molecule has 1 aromatic carbocycles. The first-order valence-electron chi connectivity index (χ1n) is 7.94. The summed E-state index contributed by atoms with van der Waals surface area (Å²) in [5.74, 6) is 0. The van der Waals surface area contributed by atoms with Gasteiger partial charge in [0.15, 0.2) is 0 Å². The van der Waals surface area contributed by atoms with E-state index in [1.165, 1.54) is 43.4 Å². The number of nitrogens with two attached hydrogens (primary N) is 1. The van der Waals surface area contributed by atoms with Crippen molar-refractivity contribution in [3.63, 3.8) is 0 Å². The molecule has 0 radical (unpaired) electrons. The van der Waals surface area contributed by atoms with Crippen molar-refractivity contribution in [1.82, 2.24) is 9.88 Å². The number of hydrogen-bond donors (Lipinski definition) is 1. The molecule has 4 rings (SSSR count). The Labute approximate surface area is 125 Å². The average molecular weight is 282 g/mol. The lowest BCUT2D eigenvalue weighted by atomic mass is 10.1. The molecule has 0 spiro atoms. The minimum atomic E-state index is 0.726. The molecule has 2 saturated heterocycles. The van der Waals surface area contributed by atoms with E-state index in [1.54, 1.807) is 0 Å². The van der Waals surface area contributed by atoms with Gasteiger partial charge in [-0.05, 0) is 50.1 Å². The Morgan fingerprint density at radius 3 is 2.95 bits per heavy atom. The molecule has 3 heterocycles. The van der Waals surface area contributed by atoms with Crippen LogP contribution in [0, 0.1) is 0 Å². The molecule has 110 valence electrons. The zero-order valence-corrected chi connectivity index (χ0v) is 12.3. The van der Waals surface area contributed by atoms with Crippen LogP contribution in [0.4, 0.5) is 11.4 Å². The maximum absolute atomic E-state index is 5.89. The smallest absolute Gasteiger partial charge is 0.0743 e. The summed E-state index contributed by atoms with van der Waals surface area (Å²) in [5, 5.41) is 1.22. The van der Waals surface area contributed by atoms with Gasteiger partial charge in [0.05, 0.1) is 5.52 Å². The summed E-state index contributed by atoms with van der Waals surface area (Å²) >= 11 is 0. The van der Waals surface area contributed by atoms with Crippen LogP contribution in [0.25, 0.3) is 10.9 Å². The number of hydrogen-bond acceptors (Lipinski definition) is 4. The molecule has 1 atom stereocenters. The van der Waals surface area contributed by atoms with E-state index < -0.39 is 0 Å². The molecular formula is C17H22N4. The van der Waals surface area contributed by atoms with Crippen LogP contribution in [0.3, 0.4) is 0 Å². The van der Waals surface area contributed by atoms with Crippen molar-refractivity contribution in [3.05, 3.63) is 30.5 Å². The van der Waals surface area contributed by atoms with Crippen LogP contribution in [0.2, 0.25) is 0 Å². The van der Waals surface area contributed by atoms with Gasteiger partial charge in [-0.25, -0.2) is 0 Å². The first-order chi connectivity index (χ1) is 10.3.